The fourth-order valence-electron chi connectivity index (χ4n) is 1.98. The molecule has 1 unspecified atom stereocenters. The van der Waals surface area contributed by atoms with Gasteiger partial charge in [0.1, 0.15) is 0 Å². The van der Waals surface area contributed by atoms with Crippen LogP contribution < -0.4 is 10.6 Å². The van der Waals surface area contributed by atoms with Gasteiger partial charge in [0, 0.05) is 24.7 Å². The fraction of sp³-hybridized carbons (Fsp3) is 0.538. The van der Waals surface area contributed by atoms with E-state index in [0.717, 1.165) is 19.5 Å². The molecule has 0 aliphatic carbocycles. The van der Waals surface area contributed by atoms with Gasteiger partial charge < -0.3 is 10.6 Å². The van der Waals surface area contributed by atoms with Gasteiger partial charge in [0.05, 0.1) is 0 Å². The maximum atomic E-state index is 3.60. The van der Waals surface area contributed by atoms with Gasteiger partial charge >= 0.3 is 0 Å². The molecule has 1 aliphatic heterocycles. The van der Waals surface area contributed by atoms with Gasteiger partial charge in [-0.2, -0.15) is 0 Å². The Bertz CT molecular complexity index is 296. The summed E-state index contributed by atoms with van der Waals surface area (Å²) in [6.07, 6.45) is 1.12. The third-order valence-electron chi connectivity index (χ3n) is 2.98. The van der Waals surface area contributed by atoms with Crippen molar-refractivity contribution in [1.29, 1.82) is 0 Å². The largest absolute Gasteiger partial charge is 0.311 e. The smallest absolute Gasteiger partial charge is 0.0250 e. The van der Waals surface area contributed by atoms with Crippen LogP contribution in [0.3, 0.4) is 0 Å². The van der Waals surface area contributed by atoms with Crippen LogP contribution in [0.4, 0.5) is 0 Å². The minimum Gasteiger partial charge on any atom is -0.311 e. The minimum absolute atomic E-state index is 0.243. The van der Waals surface area contributed by atoms with Crippen LogP contribution in [0.5, 0.6) is 0 Å². The van der Waals surface area contributed by atoms with E-state index in [0.29, 0.717) is 6.04 Å². The summed E-state index contributed by atoms with van der Waals surface area (Å²) in [5.74, 6) is 0. The average molecular weight is 204 g/mol. The molecule has 1 fully saturated rings. The standard InChI is InChI=1S/C13H20N2/c1-13(2)10-14-12(9-15-13)8-11-6-4-3-5-7-11/h3-7,12,14-15H,8-10H2,1-2H3. The van der Waals surface area contributed by atoms with Crippen LogP contribution in [0.1, 0.15) is 19.4 Å². The van der Waals surface area contributed by atoms with Crippen molar-refractivity contribution < 1.29 is 0 Å². The topological polar surface area (TPSA) is 24.1 Å². The zero-order chi connectivity index (χ0) is 10.7. The normalized spacial score (nSPS) is 25.1. The molecule has 1 heterocycles. The molecule has 0 amide bonds. The Morgan fingerprint density at radius 2 is 2.00 bits per heavy atom. The lowest BCUT2D eigenvalue weighted by Gasteiger charge is -2.37. The first-order valence-electron chi connectivity index (χ1n) is 5.68. The third-order valence-corrected chi connectivity index (χ3v) is 2.98. The van der Waals surface area contributed by atoms with Gasteiger partial charge in [-0.25, -0.2) is 0 Å². The molecule has 0 saturated carbocycles. The molecule has 1 saturated heterocycles. The van der Waals surface area contributed by atoms with Gasteiger partial charge in [0.2, 0.25) is 0 Å². The van der Waals surface area contributed by atoms with Crippen molar-refractivity contribution in [1.82, 2.24) is 10.6 Å². The molecule has 0 spiro atoms. The van der Waals surface area contributed by atoms with E-state index in [4.69, 9.17) is 0 Å². The summed E-state index contributed by atoms with van der Waals surface area (Å²) in [7, 11) is 0. The van der Waals surface area contributed by atoms with Crippen molar-refractivity contribution >= 4 is 0 Å². The molecule has 2 N–H and O–H groups in total. The molecule has 1 aromatic rings. The molecule has 1 atom stereocenters. The Morgan fingerprint density at radius 3 is 2.60 bits per heavy atom. The predicted octanol–water partition coefficient (Wildman–Crippen LogP) is 1.57. The summed E-state index contributed by atoms with van der Waals surface area (Å²) in [5.41, 5.74) is 1.66. The molecule has 82 valence electrons. The van der Waals surface area contributed by atoms with Crippen LogP contribution >= 0.6 is 0 Å². The summed E-state index contributed by atoms with van der Waals surface area (Å²) in [4.78, 5) is 0. The lowest BCUT2D eigenvalue weighted by molar-refractivity contribution is 0.272. The molecule has 15 heavy (non-hydrogen) atoms. The molecule has 1 aromatic carbocycles. The summed E-state index contributed by atoms with van der Waals surface area (Å²) in [6.45, 7) is 6.57. The van der Waals surface area contributed by atoms with Crippen molar-refractivity contribution in [2.75, 3.05) is 13.1 Å². The Hall–Kier alpha value is -0.860. The van der Waals surface area contributed by atoms with E-state index in [-0.39, 0.29) is 5.54 Å². The number of benzene rings is 1. The van der Waals surface area contributed by atoms with E-state index >= 15 is 0 Å². The maximum Gasteiger partial charge on any atom is 0.0250 e. The zero-order valence-corrected chi connectivity index (χ0v) is 9.59. The van der Waals surface area contributed by atoms with Crippen LogP contribution in [0.2, 0.25) is 0 Å². The lowest BCUT2D eigenvalue weighted by atomic mass is 9.97. The monoisotopic (exact) mass is 204 g/mol. The number of rotatable bonds is 2. The first-order valence-corrected chi connectivity index (χ1v) is 5.68. The van der Waals surface area contributed by atoms with Crippen LogP contribution in [0.25, 0.3) is 0 Å². The van der Waals surface area contributed by atoms with Crippen LogP contribution in [0.15, 0.2) is 30.3 Å². The van der Waals surface area contributed by atoms with Crippen molar-refractivity contribution in [3.05, 3.63) is 35.9 Å². The molecule has 2 heteroatoms. The van der Waals surface area contributed by atoms with E-state index in [1.807, 2.05) is 0 Å². The van der Waals surface area contributed by atoms with Gasteiger partial charge in [-0.15, -0.1) is 0 Å². The maximum absolute atomic E-state index is 3.60. The number of piperazine rings is 1. The second-order valence-corrected chi connectivity index (χ2v) is 5.03. The van der Waals surface area contributed by atoms with Crippen molar-refractivity contribution in [2.45, 2.75) is 31.8 Å². The summed E-state index contributed by atoms with van der Waals surface area (Å²) < 4.78 is 0. The highest BCUT2D eigenvalue weighted by Crippen LogP contribution is 2.09. The summed E-state index contributed by atoms with van der Waals surface area (Å²) in [6, 6.07) is 11.2. The number of hydrogen-bond donors (Lipinski definition) is 2. The highest BCUT2D eigenvalue weighted by Gasteiger charge is 2.25. The van der Waals surface area contributed by atoms with Gasteiger partial charge in [0.15, 0.2) is 0 Å². The lowest BCUT2D eigenvalue weighted by Crippen LogP contribution is -2.60. The Labute approximate surface area is 92.1 Å². The summed E-state index contributed by atoms with van der Waals surface area (Å²) >= 11 is 0. The van der Waals surface area contributed by atoms with Gasteiger partial charge in [-0.3, -0.25) is 0 Å². The predicted molar refractivity (Wildman–Crippen MR) is 64.0 cm³/mol. The second kappa shape index (κ2) is 4.33. The quantitative estimate of drug-likeness (QED) is 0.764. The molecule has 2 rings (SSSR count). The SMILES string of the molecule is CC1(C)CNC(Cc2ccccc2)CN1. The van der Waals surface area contributed by atoms with Gasteiger partial charge in [-0.05, 0) is 25.8 Å². The molecule has 0 radical (unpaired) electrons. The van der Waals surface area contributed by atoms with E-state index in [2.05, 4.69) is 54.8 Å². The average Bonchev–Trinajstić information content (AvgIpc) is 2.23. The fourth-order valence-corrected chi connectivity index (χ4v) is 1.98. The van der Waals surface area contributed by atoms with E-state index in [1.165, 1.54) is 5.56 Å². The third kappa shape index (κ3) is 3.05. The molecule has 0 bridgehead atoms. The Balaban J connectivity index is 1.88. The Morgan fingerprint density at radius 1 is 1.27 bits per heavy atom. The number of hydrogen-bond acceptors (Lipinski definition) is 2. The highest BCUT2D eigenvalue weighted by atomic mass is 15.1. The van der Waals surface area contributed by atoms with Crippen LogP contribution in [0, 0.1) is 0 Å². The van der Waals surface area contributed by atoms with Crippen molar-refractivity contribution in [3.8, 4) is 0 Å². The first-order chi connectivity index (χ1) is 7.16. The molecular formula is C13H20N2. The van der Waals surface area contributed by atoms with Gasteiger partial charge in [0.25, 0.3) is 0 Å². The Kier molecular flexibility index (Phi) is 3.08. The van der Waals surface area contributed by atoms with Crippen LogP contribution in [-0.4, -0.2) is 24.7 Å². The second-order valence-electron chi connectivity index (χ2n) is 5.03. The zero-order valence-electron chi connectivity index (χ0n) is 9.59. The number of nitrogens with one attached hydrogen (secondary N) is 2. The van der Waals surface area contributed by atoms with Crippen molar-refractivity contribution in [2.24, 2.45) is 0 Å². The van der Waals surface area contributed by atoms with Crippen molar-refractivity contribution in [3.63, 3.8) is 0 Å². The van der Waals surface area contributed by atoms with E-state index < -0.39 is 0 Å². The molecule has 2 nitrogen and oxygen atoms in total. The minimum atomic E-state index is 0.243. The van der Waals surface area contributed by atoms with Gasteiger partial charge in [-0.1, -0.05) is 30.3 Å². The molecule has 1 aliphatic rings. The van der Waals surface area contributed by atoms with E-state index in [1.54, 1.807) is 0 Å². The first kappa shape index (κ1) is 10.7. The summed E-state index contributed by atoms with van der Waals surface area (Å²) in [5, 5.41) is 7.16. The van der Waals surface area contributed by atoms with Crippen LogP contribution in [-0.2, 0) is 6.42 Å². The van der Waals surface area contributed by atoms with E-state index in [9.17, 15) is 0 Å². The highest BCUT2D eigenvalue weighted by molar-refractivity contribution is 5.16. The molecule has 0 aromatic heterocycles. The molecular weight excluding hydrogens is 184 g/mol.